The molecule has 0 aromatic rings. The van der Waals surface area contributed by atoms with Gasteiger partial charge in [-0.3, -0.25) is 4.79 Å². The van der Waals surface area contributed by atoms with Crippen LogP contribution in [0.25, 0.3) is 0 Å². The van der Waals surface area contributed by atoms with Crippen LogP contribution in [-0.2, 0) is 4.79 Å². The van der Waals surface area contributed by atoms with E-state index < -0.39 is 0 Å². The van der Waals surface area contributed by atoms with Crippen LogP contribution in [0.15, 0.2) is 0 Å². The van der Waals surface area contributed by atoms with Gasteiger partial charge in [-0.1, -0.05) is 27.7 Å². The molecule has 0 heterocycles. The van der Waals surface area contributed by atoms with Crippen molar-refractivity contribution in [2.45, 2.75) is 66.0 Å². The lowest BCUT2D eigenvalue weighted by Crippen LogP contribution is -2.48. The first-order valence-corrected chi connectivity index (χ1v) is 6.36. The molecular formula is C13H28N2O. The second-order valence-electron chi connectivity index (χ2n) is 5.43. The van der Waals surface area contributed by atoms with Crippen molar-refractivity contribution in [3.63, 3.8) is 0 Å². The monoisotopic (exact) mass is 228 g/mol. The van der Waals surface area contributed by atoms with Crippen LogP contribution in [0.3, 0.4) is 0 Å². The molecular weight excluding hydrogens is 200 g/mol. The third-order valence-electron chi connectivity index (χ3n) is 3.13. The van der Waals surface area contributed by atoms with Crippen LogP contribution in [0.2, 0.25) is 0 Å². The van der Waals surface area contributed by atoms with E-state index in [9.17, 15) is 4.79 Å². The fourth-order valence-corrected chi connectivity index (χ4v) is 1.59. The number of hydrogen-bond donors (Lipinski definition) is 2. The van der Waals surface area contributed by atoms with Gasteiger partial charge in [0.05, 0.1) is 6.54 Å². The topological polar surface area (TPSA) is 41.1 Å². The molecule has 0 rings (SSSR count). The second kappa shape index (κ2) is 6.89. The highest BCUT2D eigenvalue weighted by atomic mass is 16.2. The Morgan fingerprint density at radius 2 is 1.81 bits per heavy atom. The lowest BCUT2D eigenvalue weighted by atomic mass is 10.0. The first-order valence-electron chi connectivity index (χ1n) is 6.36. The highest BCUT2D eigenvalue weighted by molar-refractivity contribution is 5.78. The zero-order valence-corrected chi connectivity index (χ0v) is 11.7. The van der Waals surface area contributed by atoms with Gasteiger partial charge in [0.15, 0.2) is 0 Å². The minimum absolute atomic E-state index is 0.0888. The Labute approximate surface area is 100 Å². The van der Waals surface area contributed by atoms with Gasteiger partial charge in [-0.2, -0.15) is 0 Å². The lowest BCUT2D eigenvalue weighted by Gasteiger charge is -2.26. The maximum absolute atomic E-state index is 11.7. The zero-order valence-electron chi connectivity index (χ0n) is 11.7. The van der Waals surface area contributed by atoms with Crippen LogP contribution in [0.1, 0.15) is 54.4 Å². The summed E-state index contributed by atoms with van der Waals surface area (Å²) < 4.78 is 0. The van der Waals surface area contributed by atoms with E-state index in [1.165, 1.54) is 0 Å². The molecule has 3 heteroatoms. The number of nitrogens with one attached hydrogen (secondary N) is 2. The minimum Gasteiger partial charge on any atom is -0.350 e. The van der Waals surface area contributed by atoms with Crippen molar-refractivity contribution in [2.24, 2.45) is 5.92 Å². The smallest absolute Gasteiger partial charge is 0.234 e. The Hall–Kier alpha value is -0.570. The fraction of sp³-hybridized carbons (Fsp3) is 0.923. The molecule has 0 radical (unpaired) electrons. The van der Waals surface area contributed by atoms with Crippen molar-refractivity contribution in [3.05, 3.63) is 0 Å². The van der Waals surface area contributed by atoms with E-state index in [1.54, 1.807) is 0 Å². The first kappa shape index (κ1) is 15.4. The average Bonchev–Trinajstić information content (AvgIpc) is 2.17. The summed E-state index contributed by atoms with van der Waals surface area (Å²) >= 11 is 0. The Morgan fingerprint density at radius 3 is 2.19 bits per heavy atom. The molecule has 2 N–H and O–H groups in total. The van der Waals surface area contributed by atoms with Crippen LogP contribution < -0.4 is 10.6 Å². The van der Waals surface area contributed by atoms with Crippen LogP contribution in [0, 0.1) is 5.92 Å². The molecule has 96 valence electrons. The zero-order chi connectivity index (χ0) is 12.8. The second-order valence-corrected chi connectivity index (χ2v) is 5.43. The SMILES string of the molecule is CCC(NCC(=O)NC(C)(C)CC)C(C)C. The Morgan fingerprint density at radius 1 is 1.25 bits per heavy atom. The van der Waals surface area contributed by atoms with E-state index >= 15 is 0 Å². The van der Waals surface area contributed by atoms with Gasteiger partial charge in [0, 0.05) is 11.6 Å². The van der Waals surface area contributed by atoms with E-state index in [0.29, 0.717) is 18.5 Å². The van der Waals surface area contributed by atoms with Gasteiger partial charge in [-0.15, -0.1) is 0 Å². The van der Waals surface area contributed by atoms with E-state index in [1.807, 2.05) is 13.8 Å². The van der Waals surface area contributed by atoms with Crippen molar-refractivity contribution in [1.82, 2.24) is 10.6 Å². The predicted molar refractivity (Wildman–Crippen MR) is 69.4 cm³/mol. The molecule has 0 aromatic heterocycles. The molecule has 0 aliphatic heterocycles. The number of carbonyl (C=O) groups is 1. The van der Waals surface area contributed by atoms with Crippen molar-refractivity contribution >= 4 is 5.91 Å². The molecule has 1 unspecified atom stereocenters. The highest BCUT2D eigenvalue weighted by Gasteiger charge is 2.18. The van der Waals surface area contributed by atoms with E-state index in [2.05, 4.69) is 38.3 Å². The van der Waals surface area contributed by atoms with Gasteiger partial charge in [-0.05, 0) is 32.6 Å². The average molecular weight is 228 g/mol. The van der Waals surface area contributed by atoms with E-state index in [4.69, 9.17) is 0 Å². The van der Waals surface area contributed by atoms with Gasteiger partial charge in [0.1, 0.15) is 0 Å². The molecule has 3 nitrogen and oxygen atoms in total. The van der Waals surface area contributed by atoms with Gasteiger partial charge < -0.3 is 10.6 Å². The van der Waals surface area contributed by atoms with E-state index in [0.717, 1.165) is 12.8 Å². The third-order valence-corrected chi connectivity index (χ3v) is 3.13. The molecule has 0 aliphatic rings. The van der Waals surface area contributed by atoms with Gasteiger partial charge in [0.2, 0.25) is 5.91 Å². The van der Waals surface area contributed by atoms with Gasteiger partial charge in [-0.25, -0.2) is 0 Å². The minimum atomic E-state index is -0.0989. The van der Waals surface area contributed by atoms with Crippen molar-refractivity contribution < 1.29 is 4.79 Å². The standard InChI is InChI=1S/C13H28N2O/c1-7-11(10(3)4)14-9-12(16)15-13(5,6)8-2/h10-11,14H,7-9H2,1-6H3,(H,15,16). The van der Waals surface area contributed by atoms with Gasteiger partial charge in [0.25, 0.3) is 0 Å². The molecule has 0 fully saturated rings. The van der Waals surface area contributed by atoms with Crippen molar-refractivity contribution in [2.75, 3.05) is 6.54 Å². The molecule has 16 heavy (non-hydrogen) atoms. The third kappa shape index (κ3) is 6.11. The highest BCUT2D eigenvalue weighted by Crippen LogP contribution is 2.07. The summed E-state index contributed by atoms with van der Waals surface area (Å²) in [4.78, 5) is 11.7. The Kier molecular flexibility index (Phi) is 6.65. The van der Waals surface area contributed by atoms with Crippen LogP contribution in [0.4, 0.5) is 0 Å². The predicted octanol–water partition coefficient (Wildman–Crippen LogP) is 2.32. The summed E-state index contributed by atoms with van der Waals surface area (Å²) in [7, 11) is 0. The van der Waals surface area contributed by atoms with Crippen LogP contribution in [0.5, 0.6) is 0 Å². The maximum Gasteiger partial charge on any atom is 0.234 e. The quantitative estimate of drug-likeness (QED) is 0.702. The molecule has 0 saturated carbocycles. The molecule has 1 atom stereocenters. The Balaban J connectivity index is 3.98. The largest absolute Gasteiger partial charge is 0.350 e. The summed E-state index contributed by atoms with van der Waals surface area (Å²) in [6, 6.07) is 0.426. The molecule has 0 aromatic carbocycles. The Bertz CT molecular complexity index is 212. The van der Waals surface area contributed by atoms with Crippen molar-refractivity contribution in [3.8, 4) is 0 Å². The molecule has 1 amide bonds. The summed E-state index contributed by atoms with van der Waals surface area (Å²) in [5, 5.41) is 6.33. The lowest BCUT2D eigenvalue weighted by molar-refractivity contribution is -0.122. The van der Waals surface area contributed by atoms with E-state index in [-0.39, 0.29) is 11.4 Å². The summed E-state index contributed by atoms with van der Waals surface area (Å²) in [5.41, 5.74) is -0.0989. The summed E-state index contributed by atoms with van der Waals surface area (Å²) in [6.45, 7) is 13.1. The molecule has 0 spiro atoms. The van der Waals surface area contributed by atoms with Crippen LogP contribution in [-0.4, -0.2) is 24.0 Å². The summed E-state index contributed by atoms with van der Waals surface area (Å²) in [6.07, 6.45) is 2.00. The summed E-state index contributed by atoms with van der Waals surface area (Å²) in [5.74, 6) is 0.655. The number of rotatable bonds is 7. The number of hydrogen-bond acceptors (Lipinski definition) is 2. The molecule has 0 aliphatic carbocycles. The van der Waals surface area contributed by atoms with Crippen LogP contribution >= 0.6 is 0 Å². The molecule has 0 bridgehead atoms. The maximum atomic E-state index is 11.7. The number of carbonyl (C=O) groups excluding carboxylic acids is 1. The van der Waals surface area contributed by atoms with Gasteiger partial charge >= 0.3 is 0 Å². The normalized spacial score (nSPS) is 13.9. The fourth-order valence-electron chi connectivity index (χ4n) is 1.59. The van der Waals surface area contributed by atoms with Crippen molar-refractivity contribution in [1.29, 1.82) is 0 Å². The first-order chi connectivity index (χ1) is 7.32. The molecule has 0 saturated heterocycles. The number of amides is 1.